The minimum atomic E-state index is 0.625. The van der Waals surface area contributed by atoms with Crippen molar-refractivity contribution in [3.63, 3.8) is 0 Å². The van der Waals surface area contributed by atoms with Gasteiger partial charge in [0.2, 0.25) is 5.95 Å². The molecule has 2 N–H and O–H groups in total. The lowest BCUT2D eigenvalue weighted by atomic mass is 10.1. The smallest absolute Gasteiger partial charge is 0.247 e. The number of fused-ring (bicyclic) bond motifs is 1. The van der Waals surface area contributed by atoms with Gasteiger partial charge in [0.15, 0.2) is 0 Å². The number of aromatic nitrogens is 5. The molecule has 1 aromatic carbocycles. The van der Waals surface area contributed by atoms with Gasteiger partial charge in [-0.25, -0.2) is 4.68 Å². The van der Waals surface area contributed by atoms with Crippen LogP contribution in [0.5, 0.6) is 0 Å². The number of nitrogens with zero attached hydrogens (tertiary/aromatic N) is 5. The van der Waals surface area contributed by atoms with Crippen molar-refractivity contribution in [3.05, 3.63) is 30.0 Å². The Morgan fingerprint density at radius 1 is 1.33 bits per heavy atom. The maximum absolute atomic E-state index is 3.94. The molecule has 7 heteroatoms. The van der Waals surface area contributed by atoms with Crippen molar-refractivity contribution in [2.75, 3.05) is 26.0 Å². The predicted octanol–water partition coefficient (Wildman–Crippen LogP) is 1.54. The summed E-state index contributed by atoms with van der Waals surface area (Å²) in [7, 11) is 5.98. The van der Waals surface area contributed by atoms with Gasteiger partial charge in [-0.1, -0.05) is 5.10 Å². The van der Waals surface area contributed by atoms with E-state index in [1.54, 1.807) is 11.7 Å². The molecule has 0 unspecified atom stereocenters. The standard InChI is InChI=1S/C14H19N7/c1-20(2)7-6-10-9-15-13-5-4-11(8-12(10)13)16-14-17-18-19-21(14)3/h4-5,8-9,15H,6-7H2,1-3H3,(H,16,17,19). The molecular formula is C14H19N7. The van der Waals surface area contributed by atoms with Crippen molar-refractivity contribution >= 4 is 22.5 Å². The Balaban J connectivity index is 1.87. The second-order valence-electron chi connectivity index (χ2n) is 5.38. The lowest BCUT2D eigenvalue weighted by molar-refractivity contribution is 0.414. The number of nitrogens with one attached hydrogen (secondary N) is 2. The van der Waals surface area contributed by atoms with Crippen molar-refractivity contribution in [1.29, 1.82) is 0 Å². The summed E-state index contributed by atoms with van der Waals surface area (Å²) in [6.07, 6.45) is 3.10. The zero-order valence-corrected chi connectivity index (χ0v) is 12.5. The van der Waals surface area contributed by atoms with E-state index >= 15 is 0 Å². The van der Waals surface area contributed by atoms with Crippen LogP contribution in [-0.4, -0.2) is 50.7 Å². The van der Waals surface area contributed by atoms with E-state index in [4.69, 9.17) is 0 Å². The van der Waals surface area contributed by atoms with Crippen molar-refractivity contribution in [2.24, 2.45) is 7.05 Å². The number of likely N-dealkylation sites (N-methyl/N-ethyl adjacent to an activating group) is 1. The van der Waals surface area contributed by atoms with Gasteiger partial charge in [-0.05, 0) is 54.7 Å². The van der Waals surface area contributed by atoms with E-state index in [0.29, 0.717) is 5.95 Å². The molecule has 0 amide bonds. The number of H-pyrrole nitrogens is 1. The molecule has 0 saturated carbocycles. The first kappa shape index (κ1) is 13.6. The van der Waals surface area contributed by atoms with Gasteiger partial charge in [0.05, 0.1) is 0 Å². The zero-order chi connectivity index (χ0) is 14.8. The van der Waals surface area contributed by atoms with Gasteiger partial charge < -0.3 is 15.2 Å². The van der Waals surface area contributed by atoms with Crippen molar-refractivity contribution < 1.29 is 0 Å². The fraction of sp³-hybridized carbons (Fsp3) is 0.357. The number of hydrogen-bond acceptors (Lipinski definition) is 5. The van der Waals surface area contributed by atoms with Crippen LogP contribution < -0.4 is 5.32 Å². The fourth-order valence-corrected chi connectivity index (χ4v) is 2.27. The lowest BCUT2D eigenvalue weighted by Crippen LogP contribution is -2.14. The Morgan fingerprint density at radius 2 is 2.19 bits per heavy atom. The maximum Gasteiger partial charge on any atom is 0.247 e. The van der Waals surface area contributed by atoms with Gasteiger partial charge in [0.25, 0.3) is 0 Å². The van der Waals surface area contributed by atoms with E-state index in [-0.39, 0.29) is 0 Å². The van der Waals surface area contributed by atoms with Gasteiger partial charge in [-0.15, -0.1) is 0 Å². The van der Waals surface area contributed by atoms with Crippen LogP contribution in [0.2, 0.25) is 0 Å². The summed E-state index contributed by atoms with van der Waals surface area (Å²) in [5, 5.41) is 15.8. The van der Waals surface area contributed by atoms with Gasteiger partial charge in [-0.3, -0.25) is 0 Å². The highest BCUT2D eigenvalue weighted by Crippen LogP contribution is 2.24. The monoisotopic (exact) mass is 285 g/mol. The van der Waals surface area contributed by atoms with Crippen LogP contribution in [0.25, 0.3) is 10.9 Å². The Kier molecular flexibility index (Phi) is 3.57. The summed E-state index contributed by atoms with van der Waals surface area (Å²) in [6.45, 7) is 1.03. The molecular weight excluding hydrogens is 266 g/mol. The average Bonchev–Trinajstić information content (AvgIpc) is 3.03. The van der Waals surface area contributed by atoms with Crippen molar-refractivity contribution in [1.82, 2.24) is 30.1 Å². The van der Waals surface area contributed by atoms with E-state index in [9.17, 15) is 0 Å². The topological polar surface area (TPSA) is 74.7 Å². The Morgan fingerprint density at radius 3 is 2.90 bits per heavy atom. The summed E-state index contributed by atoms with van der Waals surface area (Å²) < 4.78 is 1.61. The molecule has 110 valence electrons. The first-order valence-electron chi connectivity index (χ1n) is 6.87. The molecule has 0 aliphatic rings. The maximum atomic E-state index is 3.94. The first-order valence-corrected chi connectivity index (χ1v) is 6.87. The van der Waals surface area contributed by atoms with Gasteiger partial charge >= 0.3 is 0 Å². The minimum Gasteiger partial charge on any atom is -0.361 e. The number of aryl methyl sites for hydroxylation is 1. The Bertz CT molecular complexity index is 741. The third-order valence-corrected chi connectivity index (χ3v) is 3.47. The van der Waals surface area contributed by atoms with Gasteiger partial charge in [0, 0.05) is 36.4 Å². The van der Waals surface area contributed by atoms with Crippen LogP contribution in [0.15, 0.2) is 24.4 Å². The van der Waals surface area contributed by atoms with Crippen LogP contribution in [-0.2, 0) is 13.5 Å². The number of tetrazole rings is 1. The molecule has 0 spiro atoms. The lowest BCUT2D eigenvalue weighted by Gasteiger charge is -2.09. The molecule has 0 saturated heterocycles. The van der Waals surface area contributed by atoms with Crippen LogP contribution in [0.3, 0.4) is 0 Å². The molecule has 21 heavy (non-hydrogen) atoms. The molecule has 2 aromatic heterocycles. The van der Waals surface area contributed by atoms with Gasteiger partial charge in [-0.2, -0.15) is 0 Å². The molecule has 0 bridgehead atoms. The van der Waals surface area contributed by atoms with E-state index in [1.165, 1.54) is 10.9 Å². The highest BCUT2D eigenvalue weighted by atomic mass is 15.6. The zero-order valence-electron chi connectivity index (χ0n) is 12.5. The van der Waals surface area contributed by atoms with E-state index in [2.05, 4.69) is 63.2 Å². The number of rotatable bonds is 5. The van der Waals surface area contributed by atoms with Crippen LogP contribution in [0.4, 0.5) is 11.6 Å². The summed E-state index contributed by atoms with van der Waals surface area (Å²) in [4.78, 5) is 5.50. The number of hydrogen-bond donors (Lipinski definition) is 2. The van der Waals surface area contributed by atoms with E-state index in [1.807, 2.05) is 6.07 Å². The van der Waals surface area contributed by atoms with Crippen LogP contribution in [0.1, 0.15) is 5.56 Å². The summed E-state index contributed by atoms with van der Waals surface area (Å²) >= 11 is 0. The Labute approximate surface area is 122 Å². The van der Waals surface area contributed by atoms with Gasteiger partial charge in [0.1, 0.15) is 0 Å². The third kappa shape index (κ3) is 2.87. The molecule has 0 aliphatic carbocycles. The fourth-order valence-electron chi connectivity index (χ4n) is 2.27. The molecule has 3 aromatic rings. The summed E-state index contributed by atoms with van der Waals surface area (Å²) in [5.41, 5.74) is 3.44. The third-order valence-electron chi connectivity index (χ3n) is 3.47. The predicted molar refractivity (Wildman–Crippen MR) is 82.6 cm³/mol. The van der Waals surface area contributed by atoms with Crippen LogP contribution >= 0.6 is 0 Å². The quantitative estimate of drug-likeness (QED) is 0.744. The normalized spacial score (nSPS) is 11.4. The number of anilines is 2. The van der Waals surface area contributed by atoms with E-state index in [0.717, 1.165) is 24.2 Å². The molecule has 7 nitrogen and oxygen atoms in total. The molecule has 3 rings (SSSR count). The molecule has 0 aliphatic heterocycles. The summed E-state index contributed by atoms with van der Waals surface area (Å²) in [5.74, 6) is 0.625. The Hall–Kier alpha value is -2.41. The van der Waals surface area contributed by atoms with Crippen molar-refractivity contribution in [2.45, 2.75) is 6.42 Å². The second-order valence-corrected chi connectivity index (χ2v) is 5.38. The molecule has 0 radical (unpaired) electrons. The van der Waals surface area contributed by atoms with Crippen LogP contribution in [0, 0.1) is 0 Å². The first-order chi connectivity index (χ1) is 10.1. The molecule has 2 heterocycles. The second kappa shape index (κ2) is 5.53. The largest absolute Gasteiger partial charge is 0.361 e. The number of aromatic amines is 1. The highest BCUT2D eigenvalue weighted by molar-refractivity contribution is 5.87. The molecule has 0 atom stereocenters. The molecule has 0 fully saturated rings. The average molecular weight is 285 g/mol. The summed E-state index contributed by atoms with van der Waals surface area (Å²) in [6, 6.07) is 6.22. The van der Waals surface area contributed by atoms with E-state index < -0.39 is 0 Å². The highest BCUT2D eigenvalue weighted by Gasteiger charge is 2.07. The van der Waals surface area contributed by atoms with Crippen molar-refractivity contribution in [3.8, 4) is 0 Å². The SMILES string of the molecule is CN(C)CCc1c[nH]c2ccc(Nc3nnnn3C)cc12. The number of benzene rings is 1. The minimum absolute atomic E-state index is 0.625.